The number of hydrogen-bond donors (Lipinski definition) is 0. The van der Waals surface area contributed by atoms with Crippen molar-refractivity contribution in [1.29, 1.82) is 0 Å². The monoisotopic (exact) mass is 436 g/mol. The lowest BCUT2D eigenvalue weighted by Crippen LogP contribution is -2.33. The summed E-state index contributed by atoms with van der Waals surface area (Å²) < 4.78 is 23.6. The molecular formula is C30H30N2O. The summed E-state index contributed by atoms with van der Waals surface area (Å²) in [4.78, 5) is 9.29. The van der Waals surface area contributed by atoms with E-state index in [4.69, 9.17) is 7.16 Å². The number of hydrogen-bond acceptors (Lipinski definition) is 3. The minimum absolute atomic E-state index is 0.0138. The highest BCUT2D eigenvalue weighted by atomic mass is 16.3. The van der Waals surface area contributed by atoms with E-state index in [0.29, 0.717) is 11.4 Å². The Labute approximate surface area is 197 Å². The summed E-state index contributed by atoms with van der Waals surface area (Å²) in [7, 11) is 0. The smallest absolute Gasteiger partial charge is 0.227 e. The third-order valence-corrected chi connectivity index (χ3v) is 7.58. The number of aromatic nitrogens is 2. The molecule has 3 heterocycles. The van der Waals surface area contributed by atoms with Gasteiger partial charge in [-0.25, -0.2) is 4.98 Å². The fourth-order valence-corrected chi connectivity index (χ4v) is 5.49. The lowest BCUT2D eigenvalue weighted by molar-refractivity contribution is 0.332. The van der Waals surface area contributed by atoms with E-state index >= 15 is 0 Å². The topological polar surface area (TPSA) is 38.9 Å². The van der Waals surface area contributed by atoms with Crippen LogP contribution >= 0.6 is 0 Å². The van der Waals surface area contributed by atoms with Crippen LogP contribution in [0.1, 0.15) is 65.7 Å². The summed E-state index contributed by atoms with van der Waals surface area (Å²) in [5, 5.41) is 3.66. The molecule has 0 saturated heterocycles. The molecule has 5 aromatic rings. The highest BCUT2D eigenvalue weighted by molar-refractivity contribution is 6.11. The van der Waals surface area contributed by atoms with E-state index in [0.717, 1.165) is 56.8 Å². The van der Waals surface area contributed by atoms with Gasteiger partial charge >= 0.3 is 0 Å². The molecule has 1 aliphatic rings. The summed E-state index contributed by atoms with van der Waals surface area (Å²) in [6, 6.07) is 12.8. The Morgan fingerprint density at radius 2 is 1.61 bits per heavy atom. The largest absolute Gasteiger partial charge is 0.437 e. The molecule has 6 rings (SSSR count). The molecule has 3 heteroatoms. The van der Waals surface area contributed by atoms with Gasteiger partial charge in [-0.3, -0.25) is 4.98 Å². The quantitative estimate of drug-likeness (QED) is 0.266. The zero-order valence-corrected chi connectivity index (χ0v) is 20.2. The van der Waals surface area contributed by atoms with Crippen molar-refractivity contribution in [3.63, 3.8) is 0 Å². The molecule has 2 aromatic carbocycles. The Balaban J connectivity index is 1.75. The van der Waals surface area contributed by atoms with Crippen molar-refractivity contribution in [2.45, 2.75) is 65.2 Å². The van der Waals surface area contributed by atoms with Crippen LogP contribution in [0.5, 0.6) is 0 Å². The molecular weight excluding hydrogens is 404 g/mol. The number of rotatable bonds is 1. The Morgan fingerprint density at radius 3 is 2.36 bits per heavy atom. The fraction of sp³-hybridized carbons (Fsp3) is 0.333. The second-order valence-corrected chi connectivity index (χ2v) is 11.0. The Bertz CT molecular complexity index is 1690. The first-order valence-corrected chi connectivity index (χ1v) is 11.7. The maximum Gasteiger partial charge on any atom is 0.227 e. The summed E-state index contributed by atoms with van der Waals surface area (Å²) >= 11 is 0. The molecule has 0 fully saturated rings. The molecule has 0 atom stereocenters. The molecule has 0 saturated carbocycles. The van der Waals surface area contributed by atoms with Crippen molar-refractivity contribution in [1.82, 2.24) is 9.97 Å². The van der Waals surface area contributed by atoms with Crippen LogP contribution in [0.2, 0.25) is 0 Å². The normalized spacial score (nSPS) is 17.9. The molecule has 3 nitrogen and oxygen atoms in total. The summed E-state index contributed by atoms with van der Waals surface area (Å²) in [6.07, 6.45) is 2.19. The van der Waals surface area contributed by atoms with Crippen molar-refractivity contribution in [3.8, 4) is 11.3 Å². The van der Waals surface area contributed by atoms with Crippen LogP contribution in [0.15, 0.2) is 53.0 Å². The number of nitrogens with zero attached hydrogens (tertiary/aromatic N) is 2. The lowest BCUT2D eigenvalue weighted by atomic mass is 9.63. The Kier molecular flexibility index (Phi) is 3.68. The zero-order valence-electron chi connectivity index (χ0n) is 22.2. The molecule has 0 amide bonds. The van der Waals surface area contributed by atoms with Gasteiger partial charge in [-0.2, -0.15) is 0 Å². The van der Waals surface area contributed by atoms with E-state index in [1.165, 1.54) is 11.1 Å². The van der Waals surface area contributed by atoms with Crippen LogP contribution in [0, 0.1) is 13.8 Å². The molecule has 166 valence electrons. The summed E-state index contributed by atoms with van der Waals surface area (Å²) in [5.74, 6) is 0. The van der Waals surface area contributed by atoms with Crippen molar-refractivity contribution in [2.24, 2.45) is 0 Å². The molecule has 33 heavy (non-hydrogen) atoms. The van der Waals surface area contributed by atoms with E-state index in [9.17, 15) is 0 Å². The molecule has 0 radical (unpaired) electrons. The molecule has 0 spiro atoms. The maximum atomic E-state index is 8.73. The summed E-state index contributed by atoms with van der Waals surface area (Å²) in [5.41, 5.74) is 7.53. The predicted octanol–water partition coefficient (Wildman–Crippen LogP) is 8.16. The van der Waals surface area contributed by atoms with Gasteiger partial charge in [-0.05, 0) is 96.0 Å². The van der Waals surface area contributed by atoms with Gasteiger partial charge in [-0.15, -0.1) is 0 Å². The zero-order chi connectivity index (χ0) is 24.9. The first kappa shape index (κ1) is 18.3. The molecule has 0 N–H and O–H groups in total. The Hall–Kier alpha value is -3.20. The van der Waals surface area contributed by atoms with E-state index in [1.54, 1.807) is 0 Å². The SMILES string of the molecule is [2H]c1nc(-c2cc(C)cc3c2oc2nc(C)ccc23)c2cc3c(cc2c1[2H])C(C)(C)CCC3(C)C. The third-order valence-electron chi connectivity index (χ3n) is 7.58. The number of fused-ring (bicyclic) bond motifs is 5. The molecule has 3 aromatic heterocycles. The number of furan rings is 1. The minimum Gasteiger partial charge on any atom is -0.437 e. The van der Waals surface area contributed by atoms with Crippen molar-refractivity contribution in [3.05, 3.63) is 71.0 Å². The summed E-state index contributed by atoms with van der Waals surface area (Å²) in [6.45, 7) is 13.2. The maximum absolute atomic E-state index is 8.73. The first-order valence-electron chi connectivity index (χ1n) is 12.7. The number of benzene rings is 2. The Morgan fingerprint density at radius 1 is 0.879 bits per heavy atom. The van der Waals surface area contributed by atoms with Crippen LogP contribution in [0.25, 0.3) is 44.1 Å². The lowest BCUT2D eigenvalue weighted by Gasteiger charge is -2.42. The highest BCUT2D eigenvalue weighted by Gasteiger charge is 2.37. The van der Waals surface area contributed by atoms with Crippen molar-refractivity contribution < 1.29 is 7.16 Å². The highest BCUT2D eigenvalue weighted by Crippen LogP contribution is 2.48. The third kappa shape index (κ3) is 3.02. The van der Waals surface area contributed by atoms with Gasteiger partial charge in [0.2, 0.25) is 5.71 Å². The van der Waals surface area contributed by atoms with E-state index in [-0.39, 0.29) is 23.0 Å². The molecule has 0 unspecified atom stereocenters. The van der Waals surface area contributed by atoms with Crippen LogP contribution in [0.3, 0.4) is 0 Å². The molecule has 0 bridgehead atoms. The second kappa shape index (κ2) is 6.66. The minimum atomic E-state index is -0.0138. The van der Waals surface area contributed by atoms with Crippen LogP contribution in [-0.4, -0.2) is 9.97 Å². The van der Waals surface area contributed by atoms with Gasteiger partial charge in [0.05, 0.1) is 8.44 Å². The van der Waals surface area contributed by atoms with E-state index in [2.05, 4.69) is 74.9 Å². The average Bonchev–Trinajstić information content (AvgIpc) is 3.15. The van der Waals surface area contributed by atoms with Crippen LogP contribution in [-0.2, 0) is 10.8 Å². The molecule has 0 aliphatic heterocycles. The van der Waals surface area contributed by atoms with Crippen LogP contribution < -0.4 is 0 Å². The number of aryl methyl sites for hydroxylation is 2. The van der Waals surface area contributed by atoms with Gasteiger partial charge < -0.3 is 4.42 Å². The van der Waals surface area contributed by atoms with Gasteiger partial charge in [0, 0.05) is 33.6 Å². The van der Waals surface area contributed by atoms with E-state index in [1.807, 2.05) is 13.0 Å². The fourth-order valence-electron chi connectivity index (χ4n) is 5.49. The van der Waals surface area contributed by atoms with Crippen molar-refractivity contribution in [2.75, 3.05) is 0 Å². The standard InChI is InChI=1S/C30H30N2O/c1-17-13-22-20-8-7-18(2)32-28(20)33-27(22)23(14-17)26-21-16-25-24(15-19(21)9-12-31-26)29(3,4)10-11-30(25,5)6/h7-9,12-16H,10-11H2,1-6H3/i9D,12D. The van der Waals surface area contributed by atoms with Gasteiger partial charge in [0.15, 0.2) is 0 Å². The number of pyridine rings is 2. The van der Waals surface area contributed by atoms with E-state index < -0.39 is 0 Å². The van der Waals surface area contributed by atoms with Gasteiger partial charge in [0.1, 0.15) is 5.58 Å². The average molecular weight is 437 g/mol. The second-order valence-electron chi connectivity index (χ2n) is 11.0. The van der Waals surface area contributed by atoms with Crippen LogP contribution in [0.4, 0.5) is 0 Å². The predicted molar refractivity (Wildman–Crippen MR) is 137 cm³/mol. The van der Waals surface area contributed by atoms with Crippen molar-refractivity contribution >= 4 is 32.8 Å². The first-order chi connectivity index (χ1) is 16.5. The molecule has 1 aliphatic carbocycles. The van der Waals surface area contributed by atoms with Gasteiger partial charge in [0.25, 0.3) is 0 Å². The van der Waals surface area contributed by atoms with Gasteiger partial charge in [-0.1, -0.05) is 33.8 Å².